The van der Waals surface area contributed by atoms with Crippen molar-refractivity contribution < 1.29 is 19.2 Å². The standard InChI is InChI=1S/C34H34N4O4.ClH/c1-22(39)23-15-17-26(18-16-23)31(40)38-21-28(34(2,36-3)33(35)42)32(41)37(29-13-6-7-14-30(29)38)20-19-25-11-8-10-24-9-4-5-12-27(24)25;/h4-18,28,36H,19-21H2,1-3H3,(H2,35,42);1H/t28-,34?;/m1./s1. The van der Waals surface area contributed by atoms with Crippen LogP contribution in [0.1, 0.15) is 40.1 Å². The molecule has 4 aromatic rings. The summed E-state index contributed by atoms with van der Waals surface area (Å²) >= 11 is 0. The molecule has 0 radical (unpaired) electrons. The molecule has 222 valence electrons. The van der Waals surface area contributed by atoms with E-state index < -0.39 is 17.4 Å². The van der Waals surface area contributed by atoms with Gasteiger partial charge in [0.05, 0.1) is 17.3 Å². The van der Waals surface area contributed by atoms with Crippen LogP contribution in [0.3, 0.4) is 0 Å². The molecule has 0 bridgehead atoms. The minimum Gasteiger partial charge on any atom is -0.368 e. The second-order valence-electron chi connectivity index (χ2n) is 10.8. The van der Waals surface area contributed by atoms with Gasteiger partial charge >= 0.3 is 0 Å². The first-order valence-corrected chi connectivity index (χ1v) is 13.9. The average molecular weight is 599 g/mol. The fraction of sp³-hybridized carbons (Fsp3) is 0.235. The Morgan fingerprint density at radius 3 is 2.14 bits per heavy atom. The van der Waals surface area contributed by atoms with E-state index in [0.29, 0.717) is 35.5 Å². The van der Waals surface area contributed by atoms with Crippen LogP contribution in [-0.4, -0.2) is 49.2 Å². The fourth-order valence-electron chi connectivity index (χ4n) is 5.65. The number of benzene rings is 4. The number of nitrogens with zero attached hydrogens (tertiary/aromatic N) is 2. The van der Waals surface area contributed by atoms with Crippen molar-refractivity contribution in [3.8, 4) is 0 Å². The predicted octanol–water partition coefficient (Wildman–Crippen LogP) is 4.78. The van der Waals surface area contributed by atoms with E-state index in [-0.39, 0.29) is 36.5 Å². The molecule has 0 aliphatic carbocycles. The molecule has 4 aromatic carbocycles. The van der Waals surface area contributed by atoms with Gasteiger partial charge in [0, 0.05) is 24.2 Å². The Bertz CT molecular complexity index is 1680. The molecule has 8 nitrogen and oxygen atoms in total. The number of rotatable bonds is 8. The fourth-order valence-corrected chi connectivity index (χ4v) is 5.65. The highest BCUT2D eigenvalue weighted by atomic mass is 35.5. The summed E-state index contributed by atoms with van der Waals surface area (Å²) in [5.74, 6) is -2.44. The normalized spacial score (nSPS) is 16.1. The van der Waals surface area contributed by atoms with Gasteiger partial charge in [-0.1, -0.05) is 66.7 Å². The number of primary amides is 1. The zero-order valence-electron chi connectivity index (χ0n) is 24.4. The van der Waals surface area contributed by atoms with E-state index in [4.69, 9.17) is 5.73 Å². The number of halogens is 1. The first-order valence-electron chi connectivity index (χ1n) is 13.9. The zero-order chi connectivity index (χ0) is 30.0. The molecular weight excluding hydrogens is 564 g/mol. The summed E-state index contributed by atoms with van der Waals surface area (Å²) in [7, 11) is 1.59. The number of nitrogens with one attached hydrogen (secondary N) is 1. The number of amides is 3. The van der Waals surface area contributed by atoms with Crippen molar-refractivity contribution in [3.63, 3.8) is 0 Å². The van der Waals surface area contributed by atoms with Gasteiger partial charge in [-0.15, -0.1) is 12.4 Å². The highest BCUT2D eigenvalue weighted by Gasteiger charge is 2.48. The van der Waals surface area contributed by atoms with Crippen molar-refractivity contribution in [1.82, 2.24) is 5.32 Å². The van der Waals surface area contributed by atoms with E-state index in [0.717, 1.165) is 16.3 Å². The van der Waals surface area contributed by atoms with Gasteiger partial charge in [0.15, 0.2) is 5.78 Å². The second kappa shape index (κ2) is 12.8. The number of anilines is 2. The van der Waals surface area contributed by atoms with Crippen LogP contribution in [0.5, 0.6) is 0 Å². The number of ketones is 1. The lowest BCUT2D eigenvalue weighted by Crippen LogP contribution is -2.63. The Morgan fingerprint density at radius 2 is 1.49 bits per heavy atom. The highest BCUT2D eigenvalue weighted by molar-refractivity contribution is 6.13. The van der Waals surface area contributed by atoms with E-state index in [9.17, 15) is 19.2 Å². The van der Waals surface area contributed by atoms with E-state index >= 15 is 0 Å². The van der Waals surface area contributed by atoms with E-state index in [1.807, 2.05) is 36.4 Å². The summed E-state index contributed by atoms with van der Waals surface area (Å²) in [5.41, 5.74) is 7.50. The Balaban J connectivity index is 0.00000423. The molecule has 2 atom stereocenters. The number of para-hydroxylation sites is 2. The first kappa shape index (κ1) is 31.4. The Morgan fingerprint density at radius 1 is 0.884 bits per heavy atom. The van der Waals surface area contributed by atoms with E-state index in [1.54, 1.807) is 49.2 Å². The van der Waals surface area contributed by atoms with E-state index in [1.165, 1.54) is 11.8 Å². The van der Waals surface area contributed by atoms with Crippen molar-refractivity contribution in [2.45, 2.75) is 25.8 Å². The van der Waals surface area contributed by atoms with Gasteiger partial charge in [-0.3, -0.25) is 19.2 Å². The monoisotopic (exact) mass is 598 g/mol. The molecule has 0 aromatic heterocycles. The number of carbonyl (C=O) groups is 4. The molecule has 1 unspecified atom stereocenters. The topological polar surface area (TPSA) is 113 Å². The maximum atomic E-state index is 14.4. The van der Waals surface area contributed by atoms with Crippen molar-refractivity contribution in [2.75, 3.05) is 29.9 Å². The number of hydrogen-bond acceptors (Lipinski definition) is 5. The third kappa shape index (κ3) is 5.89. The van der Waals surface area contributed by atoms with Crippen LogP contribution in [-0.2, 0) is 16.0 Å². The smallest absolute Gasteiger partial charge is 0.258 e. The lowest BCUT2D eigenvalue weighted by molar-refractivity contribution is -0.133. The maximum absolute atomic E-state index is 14.4. The van der Waals surface area contributed by atoms with Crippen LogP contribution in [0.2, 0.25) is 0 Å². The quantitative estimate of drug-likeness (QED) is 0.284. The van der Waals surface area contributed by atoms with Crippen molar-refractivity contribution >= 4 is 58.1 Å². The summed E-state index contributed by atoms with van der Waals surface area (Å²) in [6.07, 6.45) is 0.557. The molecule has 3 amide bonds. The number of Topliss-reactive ketones (excluding diaryl/α,β-unsaturated/α-hetero) is 1. The average Bonchev–Trinajstić information content (AvgIpc) is 3.13. The van der Waals surface area contributed by atoms with Crippen molar-refractivity contribution in [1.29, 1.82) is 0 Å². The van der Waals surface area contributed by atoms with Crippen LogP contribution in [0.15, 0.2) is 91.0 Å². The van der Waals surface area contributed by atoms with Gasteiger partial charge in [-0.05, 0) is 67.9 Å². The Labute approximate surface area is 257 Å². The lowest BCUT2D eigenvalue weighted by Gasteiger charge is -2.36. The molecule has 43 heavy (non-hydrogen) atoms. The molecule has 1 heterocycles. The number of fused-ring (bicyclic) bond motifs is 2. The van der Waals surface area contributed by atoms with Crippen LogP contribution >= 0.6 is 12.4 Å². The molecule has 5 rings (SSSR count). The SMILES string of the molecule is CNC(C)(C(N)=O)[C@@H]1CN(C(=O)c2ccc(C(C)=O)cc2)c2ccccc2N(CCc2cccc3ccccc23)C1=O.Cl. The highest BCUT2D eigenvalue weighted by Crippen LogP contribution is 2.38. The third-order valence-electron chi connectivity index (χ3n) is 8.39. The zero-order valence-corrected chi connectivity index (χ0v) is 25.2. The second-order valence-corrected chi connectivity index (χ2v) is 10.8. The summed E-state index contributed by atoms with van der Waals surface area (Å²) in [6, 6.07) is 27.9. The number of carbonyl (C=O) groups excluding carboxylic acids is 4. The molecule has 0 fully saturated rings. The van der Waals surface area contributed by atoms with E-state index in [2.05, 4.69) is 29.6 Å². The summed E-state index contributed by atoms with van der Waals surface area (Å²) in [5, 5.41) is 5.19. The van der Waals surface area contributed by atoms with Gasteiger partial charge in [-0.25, -0.2) is 0 Å². The van der Waals surface area contributed by atoms with Crippen molar-refractivity contribution in [2.24, 2.45) is 11.7 Å². The van der Waals surface area contributed by atoms with Crippen molar-refractivity contribution in [3.05, 3.63) is 108 Å². The van der Waals surface area contributed by atoms with Crippen LogP contribution in [0.25, 0.3) is 10.8 Å². The third-order valence-corrected chi connectivity index (χ3v) is 8.39. The minimum atomic E-state index is -1.44. The summed E-state index contributed by atoms with van der Waals surface area (Å²) < 4.78 is 0. The molecular formula is C34H35ClN4O4. The van der Waals surface area contributed by atoms with Gasteiger partial charge in [-0.2, -0.15) is 0 Å². The molecule has 0 spiro atoms. The minimum absolute atomic E-state index is 0. The van der Waals surface area contributed by atoms with Gasteiger partial charge in [0.25, 0.3) is 5.91 Å². The van der Waals surface area contributed by atoms with Gasteiger partial charge in [0.1, 0.15) is 5.54 Å². The largest absolute Gasteiger partial charge is 0.368 e. The number of nitrogens with two attached hydrogens (primary N) is 1. The molecule has 3 N–H and O–H groups in total. The lowest BCUT2D eigenvalue weighted by atomic mass is 9.83. The Kier molecular flexibility index (Phi) is 9.33. The van der Waals surface area contributed by atoms with Crippen LogP contribution in [0.4, 0.5) is 11.4 Å². The first-order chi connectivity index (χ1) is 20.2. The summed E-state index contributed by atoms with van der Waals surface area (Å²) in [4.78, 5) is 56.3. The number of hydrogen-bond donors (Lipinski definition) is 2. The summed E-state index contributed by atoms with van der Waals surface area (Å²) in [6.45, 7) is 3.32. The van der Waals surface area contributed by atoms with Crippen LogP contribution in [0, 0.1) is 5.92 Å². The van der Waals surface area contributed by atoms with Gasteiger partial charge < -0.3 is 20.9 Å². The Hall–Kier alpha value is -4.53. The van der Waals surface area contributed by atoms with Gasteiger partial charge in [0.2, 0.25) is 11.8 Å². The molecule has 1 aliphatic heterocycles. The predicted molar refractivity (Wildman–Crippen MR) is 172 cm³/mol. The molecule has 1 aliphatic rings. The van der Waals surface area contributed by atoms with Crippen LogP contribution < -0.4 is 20.9 Å². The molecule has 0 saturated heterocycles. The molecule has 0 saturated carbocycles. The number of likely N-dealkylation sites (N-methyl/N-ethyl adjacent to an activating group) is 1. The maximum Gasteiger partial charge on any atom is 0.258 e. The molecule has 9 heteroatoms.